The first-order chi connectivity index (χ1) is 10.3. The third kappa shape index (κ3) is 3.41. The van der Waals surface area contributed by atoms with E-state index in [0.717, 1.165) is 34.7 Å². The number of nitrogen functional groups attached to an aromatic ring is 1. The molecule has 21 heavy (non-hydrogen) atoms. The summed E-state index contributed by atoms with van der Waals surface area (Å²) in [5.41, 5.74) is 5.71. The minimum atomic E-state index is 0.299. The zero-order chi connectivity index (χ0) is 14.5. The maximum atomic E-state index is 5.71. The third-order valence-electron chi connectivity index (χ3n) is 2.97. The van der Waals surface area contributed by atoms with Gasteiger partial charge in [0.25, 0.3) is 0 Å². The average Bonchev–Trinajstić information content (AvgIpc) is 2.96. The molecule has 0 amide bonds. The lowest BCUT2D eigenvalue weighted by Gasteiger charge is -2.08. The number of nitrogens with zero attached hydrogens (tertiary/aromatic N) is 2. The van der Waals surface area contributed by atoms with E-state index in [1.165, 1.54) is 0 Å². The zero-order valence-corrected chi connectivity index (χ0v) is 12.3. The van der Waals surface area contributed by atoms with Gasteiger partial charge < -0.3 is 15.8 Å². The summed E-state index contributed by atoms with van der Waals surface area (Å²) < 4.78 is 5.64. The van der Waals surface area contributed by atoms with Crippen LogP contribution in [-0.2, 0) is 0 Å². The summed E-state index contributed by atoms with van der Waals surface area (Å²) in [6, 6.07) is 11.8. The fourth-order valence-corrected chi connectivity index (χ4v) is 2.76. The number of nitrogens with one attached hydrogen (secondary N) is 1. The van der Waals surface area contributed by atoms with Crippen molar-refractivity contribution in [3.63, 3.8) is 0 Å². The van der Waals surface area contributed by atoms with Gasteiger partial charge in [0.2, 0.25) is 5.95 Å². The number of ether oxygens (including phenoxy) is 1. The summed E-state index contributed by atoms with van der Waals surface area (Å²) >= 11 is 1.56. The predicted molar refractivity (Wildman–Crippen MR) is 86.9 cm³/mol. The van der Waals surface area contributed by atoms with Gasteiger partial charge >= 0.3 is 0 Å². The van der Waals surface area contributed by atoms with Gasteiger partial charge in [-0.3, -0.25) is 0 Å². The van der Waals surface area contributed by atoms with Crippen LogP contribution in [0.5, 0.6) is 5.75 Å². The number of rotatable bonds is 6. The quantitative estimate of drug-likeness (QED) is 0.684. The molecule has 6 heteroatoms. The van der Waals surface area contributed by atoms with Crippen LogP contribution in [0.1, 0.15) is 6.42 Å². The number of hydrogen-bond acceptors (Lipinski definition) is 6. The Hall–Kier alpha value is -2.34. The van der Waals surface area contributed by atoms with E-state index < -0.39 is 0 Å². The van der Waals surface area contributed by atoms with Crippen molar-refractivity contribution in [1.82, 2.24) is 9.97 Å². The molecular weight excluding hydrogens is 284 g/mol. The summed E-state index contributed by atoms with van der Waals surface area (Å²) in [4.78, 5) is 9.36. The molecule has 3 rings (SSSR count). The Kier molecular flexibility index (Phi) is 4.16. The van der Waals surface area contributed by atoms with Crippen molar-refractivity contribution >= 4 is 33.3 Å². The molecule has 0 aliphatic heterocycles. The molecule has 0 atom stereocenters. The molecule has 0 aliphatic rings. The second kappa shape index (κ2) is 6.41. The number of benzene rings is 1. The van der Waals surface area contributed by atoms with Crippen molar-refractivity contribution in [3.8, 4) is 5.75 Å². The van der Waals surface area contributed by atoms with E-state index in [2.05, 4.69) is 15.3 Å². The van der Waals surface area contributed by atoms with Gasteiger partial charge in [-0.25, -0.2) is 4.98 Å². The molecule has 2 heterocycles. The highest BCUT2D eigenvalue weighted by atomic mass is 32.1. The zero-order valence-electron chi connectivity index (χ0n) is 11.5. The normalized spacial score (nSPS) is 10.7. The SMILES string of the molecule is Nc1nc(NCCCOc2ccccc2)c2ccsc2n1. The van der Waals surface area contributed by atoms with Gasteiger partial charge in [0.1, 0.15) is 16.4 Å². The molecule has 2 aromatic heterocycles. The lowest BCUT2D eigenvalue weighted by atomic mass is 10.3. The van der Waals surface area contributed by atoms with Crippen LogP contribution >= 0.6 is 11.3 Å². The second-order valence-electron chi connectivity index (χ2n) is 4.51. The molecule has 3 aromatic rings. The fourth-order valence-electron chi connectivity index (χ4n) is 1.99. The van der Waals surface area contributed by atoms with Crippen LogP contribution < -0.4 is 15.8 Å². The molecule has 0 unspecified atom stereocenters. The number of hydrogen-bond donors (Lipinski definition) is 2. The number of para-hydroxylation sites is 1. The highest BCUT2D eigenvalue weighted by Crippen LogP contribution is 2.25. The Morgan fingerprint density at radius 3 is 2.86 bits per heavy atom. The largest absolute Gasteiger partial charge is 0.494 e. The fraction of sp³-hybridized carbons (Fsp3) is 0.200. The summed E-state index contributed by atoms with van der Waals surface area (Å²) in [7, 11) is 0. The average molecular weight is 300 g/mol. The highest BCUT2D eigenvalue weighted by Gasteiger charge is 2.06. The van der Waals surface area contributed by atoms with Gasteiger partial charge in [-0.2, -0.15) is 4.98 Å². The minimum Gasteiger partial charge on any atom is -0.494 e. The summed E-state index contributed by atoms with van der Waals surface area (Å²) in [6.45, 7) is 1.43. The second-order valence-corrected chi connectivity index (χ2v) is 5.41. The van der Waals surface area contributed by atoms with Gasteiger partial charge in [0.05, 0.1) is 12.0 Å². The molecule has 0 saturated heterocycles. The molecule has 1 aromatic carbocycles. The van der Waals surface area contributed by atoms with Crippen LogP contribution in [0.3, 0.4) is 0 Å². The van der Waals surface area contributed by atoms with Crippen LogP contribution in [0.2, 0.25) is 0 Å². The van der Waals surface area contributed by atoms with Crippen molar-refractivity contribution in [1.29, 1.82) is 0 Å². The molecule has 3 N–H and O–H groups in total. The van der Waals surface area contributed by atoms with Crippen molar-refractivity contribution < 1.29 is 4.74 Å². The first-order valence-electron chi connectivity index (χ1n) is 6.75. The summed E-state index contributed by atoms with van der Waals surface area (Å²) in [5, 5.41) is 6.30. The van der Waals surface area contributed by atoms with Crippen LogP contribution in [0.25, 0.3) is 10.2 Å². The first-order valence-corrected chi connectivity index (χ1v) is 7.63. The number of anilines is 2. The molecule has 0 fully saturated rings. The van der Waals surface area contributed by atoms with Gasteiger partial charge in [0.15, 0.2) is 0 Å². The van der Waals surface area contributed by atoms with E-state index in [1.54, 1.807) is 11.3 Å². The van der Waals surface area contributed by atoms with Crippen molar-refractivity contribution in [2.75, 3.05) is 24.2 Å². The summed E-state index contributed by atoms with van der Waals surface area (Å²) in [5.74, 6) is 1.98. The molecule has 0 bridgehead atoms. The van der Waals surface area contributed by atoms with Gasteiger partial charge in [-0.15, -0.1) is 11.3 Å². The number of nitrogens with two attached hydrogens (primary N) is 1. The molecule has 5 nitrogen and oxygen atoms in total. The van der Waals surface area contributed by atoms with Crippen molar-refractivity contribution in [2.24, 2.45) is 0 Å². The van der Waals surface area contributed by atoms with Crippen LogP contribution in [0, 0.1) is 0 Å². The van der Waals surface area contributed by atoms with Gasteiger partial charge in [-0.05, 0) is 30.0 Å². The van der Waals surface area contributed by atoms with Crippen molar-refractivity contribution in [3.05, 3.63) is 41.8 Å². The van der Waals surface area contributed by atoms with E-state index in [0.29, 0.717) is 12.6 Å². The van der Waals surface area contributed by atoms with Gasteiger partial charge in [0, 0.05) is 6.54 Å². The molecular formula is C15H16N4OS. The van der Waals surface area contributed by atoms with E-state index in [1.807, 2.05) is 41.8 Å². The minimum absolute atomic E-state index is 0.299. The lowest BCUT2D eigenvalue weighted by molar-refractivity contribution is 0.315. The van der Waals surface area contributed by atoms with E-state index >= 15 is 0 Å². The highest BCUT2D eigenvalue weighted by molar-refractivity contribution is 7.16. The maximum absolute atomic E-state index is 5.71. The maximum Gasteiger partial charge on any atom is 0.223 e. The first kappa shape index (κ1) is 13.6. The Bertz CT molecular complexity index is 714. The molecule has 0 spiro atoms. The number of aromatic nitrogens is 2. The number of thiophene rings is 1. The van der Waals surface area contributed by atoms with Crippen molar-refractivity contribution in [2.45, 2.75) is 6.42 Å². The third-order valence-corrected chi connectivity index (χ3v) is 3.77. The molecule has 108 valence electrons. The Labute approximate surface area is 126 Å². The van der Waals surface area contributed by atoms with Crippen LogP contribution in [0.4, 0.5) is 11.8 Å². The smallest absolute Gasteiger partial charge is 0.223 e. The topological polar surface area (TPSA) is 73.1 Å². The van der Waals surface area contributed by atoms with Crippen LogP contribution in [-0.4, -0.2) is 23.1 Å². The van der Waals surface area contributed by atoms with E-state index in [9.17, 15) is 0 Å². The molecule has 0 saturated carbocycles. The van der Waals surface area contributed by atoms with E-state index in [-0.39, 0.29) is 0 Å². The molecule has 0 aliphatic carbocycles. The Morgan fingerprint density at radius 1 is 1.14 bits per heavy atom. The summed E-state index contributed by atoms with van der Waals surface area (Å²) in [6.07, 6.45) is 0.879. The van der Waals surface area contributed by atoms with E-state index in [4.69, 9.17) is 10.5 Å². The molecule has 0 radical (unpaired) electrons. The standard InChI is InChI=1S/C15H16N4OS/c16-15-18-13(12-7-10-21-14(12)19-15)17-8-4-9-20-11-5-2-1-3-6-11/h1-3,5-7,10H,4,8-9H2,(H3,16,17,18,19). The lowest BCUT2D eigenvalue weighted by Crippen LogP contribution is -2.09. The monoisotopic (exact) mass is 300 g/mol. The Balaban J connectivity index is 1.52. The van der Waals surface area contributed by atoms with Crippen LogP contribution in [0.15, 0.2) is 41.8 Å². The Morgan fingerprint density at radius 2 is 2.00 bits per heavy atom. The predicted octanol–water partition coefficient (Wildman–Crippen LogP) is 3.15. The number of fused-ring (bicyclic) bond motifs is 1. The van der Waals surface area contributed by atoms with Gasteiger partial charge in [-0.1, -0.05) is 18.2 Å².